The van der Waals surface area contributed by atoms with Crippen molar-refractivity contribution in [3.8, 4) is 0 Å². The van der Waals surface area contributed by atoms with E-state index in [9.17, 15) is 12.8 Å². The first-order chi connectivity index (χ1) is 8.90. The van der Waals surface area contributed by atoms with Gasteiger partial charge in [0.15, 0.2) is 0 Å². The quantitative estimate of drug-likeness (QED) is 0.749. The zero-order chi connectivity index (χ0) is 14.3. The van der Waals surface area contributed by atoms with E-state index < -0.39 is 9.84 Å². The standard InChI is InChI=1S/C13H20FNO2S2/c1-15-12(4-3-9-19(2,16)17)10-18-13-7-5-11(14)6-8-13/h5-8,12,15H,3-4,9-10H2,1-2H3. The highest BCUT2D eigenvalue weighted by Crippen LogP contribution is 2.20. The first-order valence-corrected chi connectivity index (χ1v) is 9.18. The van der Waals surface area contributed by atoms with Crippen LogP contribution < -0.4 is 5.32 Å². The maximum atomic E-state index is 12.8. The molecule has 0 spiro atoms. The van der Waals surface area contributed by atoms with Crippen LogP contribution in [0.15, 0.2) is 29.2 Å². The Morgan fingerprint density at radius 3 is 2.47 bits per heavy atom. The van der Waals surface area contributed by atoms with E-state index in [0.29, 0.717) is 6.42 Å². The largest absolute Gasteiger partial charge is 0.316 e. The fraction of sp³-hybridized carbons (Fsp3) is 0.538. The molecule has 0 amide bonds. The number of hydrogen-bond donors (Lipinski definition) is 1. The van der Waals surface area contributed by atoms with Crippen molar-refractivity contribution in [2.45, 2.75) is 23.8 Å². The highest BCUT2D eigenvalue weighted by Gasteiger charge is 2.09. The van der Waals surface area contributed by atoms with Gasteiger partial charge >= 0.3 is 0 Å². The number of benzene rings is 1. The Hall–Kier alpha value is -0.590. The van der Waals surface area contributed by atoms with Gasteiger partial charge < -0.3 is 5.32 Å². The fourth-order valence-corrected chi connectivity index (χ4v) is 3.38. The summed E-state index contributed by atoms with van der Waals surface area (Å²) in [5.41, 5.74) is 0. The van der Waals surface area contributed by atoms with Gasteiger partial charge in [0.1, 0.15) is 15.7 Å². The van der Waals surface area contributed by atoms with Gasteiger partial charge in [0.25, 0.3) is 0 Å². The molecule has 19 heavy (non-hydrogen) atoms. The Labute approximate surface area is 118 Å². The minimum Gasteiger partial charge on any atom is -0.316 e. The van der Waals surface area contributed by atoms with Crippen LogP contribution in [0.4, 0.5) is 4.39 Å². The summed E-state index contributed by atoms with van der Waals surface area (Å²) in [4.78, 5) is 1.02. The number of sulfone groups is 1. The molecule has 1 atom stereocenters. The van der Waals surface area contributed by atoms with Gasteiger partial charge in [-0.1, -0.05) is 0 Å². The van der Waals surface area contributed by atoms with Crippen LogP contribution in [0, 0.1) is 5.82 Å². The molecule has 0 saturated heterocycles. The van der Waals surface area contributed by atoms with Gasteiger partial charge in [-0.25, -0.2) is 12.8 Å². The first-order valence-electron chi connectivity index (χ1n) is 6.14. The van der Waals surface area contributed by atoms with E-state index in [2.05, 4.69) is 5.32 Å². The summed E-state index contributed by atoms with van der Waals surface area (Å²) in [6.45, 7) is 0. The van der Waals surface area contributed by atoms with Crippen LogP contribution in [0.25, 0.3) is 0 Å². The zero-order valence-electron chi connectivity index (χ0n) is 11.2. The molecular weight excluding hydrogens is 285 g/mol. The fourth-order valence-electron chi connectivity index (χ4n) is 1.63. The Morgan fingerprint density at radius 2 is 1.95 bits per heavy atom. The lowest BCUT2D eigenvalue weighted by molar-refractivity contribution is 0.556. The number of hydrogen-bond acceptors (Lipinski definition) is 4. The Kier molecular flexibility index (Phi) is 6.82. The van der Waals surface area contributed by atoms with Crippen molar-refractivity contribution in [1.29, 1.82) is 0 Å². The summed E-state index contributed by atoms with van der Waals surface area (Å²) in [6, 6.07) is 6.66. The maximum Gasteiger partial charge on any atom is 0.147 e. The van der Waals surface area contributed by atoms with Gasteiger partial charge in [0.05, 0.1) is 0 Å². The van der Waals surface area contributed by atoms with Gasteiger partial charge in [0, 0.05) is 28.7 Å². The number of rotatable bonds is 8. The van der Waals surface area contributed by atoms with Crippen molar-refractivity contribution in [1.82, 2.24) is 5.32 Å². The lowest BCUT2D eigenvalue weighted by Gasteiger charge is -2.15. The summed E-state index contributed by atoms with van der Waals surface area (Å²) >= 11 is 1.64. The number of halogens is 1. The van der Waals surface area contributed by atoms with Crippen molar-refractivity contribution in [3.05, 3.63) is 30.1 Å². The Bertz CT molecular complexity index is 474. The van der Waals surface area contributed by atoms with Crippen LogP contribution in [-0.4, -0.2) is 39.3 Å². The van der Waals surface area contributed by atoms with Crippen molar-refractivity contribution in [2.75, 3.05) is 24.8 Å². The van der Waals surface area contributed by atoms with Crippen LogP contribution in [0.3, 0.4) is 0 Å². The molecule has 0 aliphatic carbocycles. The second-order valence-corrected chi connectivity index (χ2v) is 7.88. The summed E-state index contributed by atoms with van der Waals surface area (Å²) in [6.07, 6.45) is 2.74. The van der Waals surface area contributed by atoms with E-state index in [0.717, 1.165) is 17.1 Å². The first kappa shape index (κ1) is 16.5. The molecule has 1 unspecified atom stereocenters. The lowest BCUT2D eigenvalue weighted by atomic mass is 10.2. The van der Waals surface area contributed by atoms with Crippen molar-refractivity contribution in [2.24, 2.45) is 0 Å². The highest BCUT2D eigenvalue weighted by molar-refractivity contribution is 7.99. The molecule has 1 rings (SSSR count). The van der Waals surface area contributed by atoms with Crippen molar-refractivity contribution < 1.29 is 12.8 Å². The molecule has 0 aromatic heterocycles. The Morgan fingerprint density at radius 1 is 1.32 bits per heavy atom. The molecule has 6 heteroatoms. The van der Waals surface area contributed by atoms with E-state index in [1.807, 2.05) is 7.05 Å². The summed E-state index contributed by atoms with van der Waals surface area (Å²) in [5, 5.41) is 3.18. The normalized spacial score (nSPS) is 13.4. The van der Waals surface area contributed by atoms with Gasteiger partial charge in [-0.3, -0.25) is 0 Å². The van der Waals surface area contributed by atoms with E-state index >= 15 is 0 Å². The molecule has 0 bridgehead atoms. The lowest BCUT2D eigenvalue weighted by Crippen LogP contribution is -2.28. The van der Waals surface area contributed by atoms with Gasteiger partial charge in [-0.05, 0) is 44.2 Å². The van der Waals surface area contributed by atoms with Gasteiger partial charge in [-0.15, -0.1) is 11.8 Å². The van der Waals surface area contributed by atoms with Crippen LogP contribution in [-0.2, 0) is 9.84 Å². The smallest absolute Gasteiger partial charge is 0.147 e. The molecular formula is C13H20FNO2S2. The molecule has 0 fully saturated rings. The predicted molar refractivity (Wildman–Crippen MR) is 78.9 cm³/mol. The van der Waals surface area contributed by atoms with Crippen LogP contribution >= 0.6 is 11.8 Å². The topological polar surface area (TPSA) is 46.2 Å². The summed E-state index contributed by atoms with van der Waals surface area (Å²) < 4.78 is 34.9. The minimum atomic E-state index is -2.88. The van der Waals surface area contributed by atoms with E-state index in [1.54, 1.807) is 23.9 Å². The average molecular weight is 305 g/mol. The van der Waals surface area contributed by atoms with Crippen LogP contribution in [0.2, 0.25) is 0 Å². The number of thioether (sulfide) groups is 1. The molecule has 1 N–H and O–H groups in total. The molecule has 1 aromatic rings. The third-order valence-corrected chi connectivity index (χ3v) is 4.95. The summed E-state index contributed by atoms with van der Waals surface area (Å²) in [5.74, 6) is 0.834. The monoisotopic (exact) mass is 305 g/mol. The van der Waals surface area contributed by atoms with Crippen LogP contribution in [0.1, 0.15) is 12.8 Å². The molecule has 3 nitrogen and oxygen atoms in total. The SMILES string of the molecule is CNC(CCCS(C)(=O)=O)CSc1ccc(F)cc1. The third kappa shape index (κ3) is 7.54. The molecule has 108 valence electrons. The van der Waals surface area contributed by atoms with Crippen LogP contribution in [0.5, 0.6) is 0 Å². The molecule has 0 aliphatic heterocycles. The van der Waals surface area contributed by atoms with Gasteiger partial charge in [0.2, 0.25) is 0 Å². The second kappa shape index (κ2) is 7.87. The molecule has 0 heterocycles. The summed E-state index contributed by atoms with van der Waals surface area (Å²) in [7, 11) is -1.00. The molecule has 1 aromatic carbocycles. The highest BCUT2D eigenvalue weighted by atomic mass is 32.2. The van der Waals surface area contributed by atoms with Crippen molar-refractivity contribution in [3.63, 3.8) is 0 Å². The Balaban J connectivity index is 2.34. The molecule has 0 saturated carbocycles. The molecule has 0 radical (unpaired) electrons. The minimum absolute atomic E-state index is 0.229. The predicted octanol–water partition coefficient (Wildman–Crippen LogP) is 2.33. The number of nitrogens with one attached hydrogen (secondary N) is 1. The zero-order valence-corrected chi connectivity index (χ0v) is 12.9. The van der Waals surface area contributed by atoms with Crippen molar-refractivity contribution >= 4 is 21.6 Å². The third-order valence-electron chi connectivity index (χ3n) is 2.74. The average Bonchev–Trinajstić information content (AvgIpc) is 2.34. The van der Waals surface area contributed by atoms with E-state index in [4.69, 9.17) is 0 Å². The van der Waals surface area contributed by atoms with E-state index in [-0.39, 0.29) is 17.6 Å². The molecule has 0 aliphatic rings. The maximum absolute atomic E-state index is 12.8. The second-order valence-electron chi connectivity index (χ2n) is 4.52. The van der Waals surface area contributed by atoms with E-state index in [1.165, 1.54) is 18.4 Å². The van der Waals surface area contributed by atoms with Gasteiger partial charge in [-0.2, -0.15) is 0 Å².